The molecule has 0 fully saturated rings. The minimum atomic E-state index is -3.82. The van der Waals surface area contributed by atoms with Crippen molar-refractivity contribution < 1.29 is 17.9 Å². The first-order valence-electron chi connectivity index (χ1n) is 6.28. The van der Waals surface area contributed by atoms with Crippen LogP contribution in [0.4, 0.5) is 10.1 Å². The van der Waals surface area contributed by atoms with Gasteiger partial charge in [0.2, 0.25) is 0 Å². The number of hydrogen-bond donors (Lipinski definition) is 2. The Labute approximate surface area is 122 Å². The summed E-state index contributed by atoms with van der Waals surface area (Å²) in [6, 6.07) is 5.03. The van der Waals surface area contributed by atoms with Gasteiger partial charge < -0.3 is 5.11 Å². The number of halogens is 1. The third kappa shape index (κ3) is 3.22. The number of rotatable bonds is 5. The Kier molecular flexibility index (Phi) is 4.29. The van der Waals surface area contributed by atoms with Crippen molar-refractivity contribution in [3.63, 3.8) is 0 Å². The fourth-order valence-electron chi connectivity index (χ4n) is 2.11. The first kappa shape index (κ1) is 15.5. The van der Waals surface area contributed by atoms with Crippen LogP contribution in [-0.2, 0) is 16.6 Å². The molecule has 1 aromatic carbocycles. The highest BCUT2D eigenvalue weighted by molar-refractivity contribution is 7.92. The summed E-state index contributed by atoms with van der Waals surface area (Å²) in [7, 11) is -3.82. The van der Waals surface area contributed by atoms with Crippen LogP contribution in [0, 0.1) is 19.7 Å². The first-order valence-corrected chi connectivity index (χ1v) is 7.76. The molecule has 1 heterocycles. The highest BCUT2D eigenvalue weighted by Crippen LogP contribution is 2.22. The quantitative estimate of drug-likeness (QED) is 0.874. The number of anilines is 1. The van der Waals surface area contributed by atoms with Crippen molar-refractivity contribution in [1.82, 2.24) is 9.78 Å². The molecule has 114 valence electrons. The molecule has 2 N–H and O–H groups in total. The number of benzene rings is 1. The molecule has 0 aliphatic rings. The lowest BCUT2D eigenvalue weighted by atomic mass is 10.3. The summed E-state index contributed by atoms with van der Waals surface area (Å²) in [5.74, 6) is -0.443. The highest BCUT2D eigenvalue weighted by Gasteiger charge is 2.24. The van der Waals surface area contributed by atoms with Crippen molar-refractivity contribution in [2.24, 2.45) is 0 Å². The van der Waals surface area contributed by atoms with Gasteiger partial charge in [-0.25, -0.2) is 12.8 Å². The molecule has 0 spiro atoms. The summed E-state index contributed by atoms with van der Waals surface area (Å²) >= 11 is 0. The Balaban J connectivity index is 2.38. The Bertz CT molecular complexity index is 739. The van der Waals surface area contributed by atoms with E-state index in [-0.39, 0.29) is 23.7 Å². The second-order valence-electron chi connectivity index (χ2n) is 4.56. The maximum atomic E-state index is 12.8. The van der Waals surface area contributed by atoms with E-state index in [9.17, 15) is 12.8 Å². The zero-order chi connectivity index (χ0) is 15.6. The van der Waals surface area contributed by atoms with Gasteiger partial charge in [-0.1, -0.05) is 0 Å². The Morgan fingerprint density at radius 3 is 2.48 bits per heavy atom. The number of aryl methyl sites for hydroxylation is 1. The van der Waals surface area contributed by atoms with Gasteiger partial charge in [0.15, 0.2) is 0 Å². The molecular weight excluding hydrogens is 297 g/mol. The van der Waals surface area contributed by atoms with Crippen LogP contribution in [-0.4, -0.2) is 29.9 Å². The topological polar surface area (TPSA) is 84.2 Å². The van der Waals surface area contributed by atoms with Crippen molar-refractivity contribution in [2.75, 3.05) is 11.3 Å². The lowest BCUT2D eigenvalue weighted by Crippen LogP contribution is -2.15. The molecule has 0 unspecified atom stereocenters. The minimum Gasteiger partial charge on any atom is -0.394 e. The van der Waals surface area contributed by atoms with Crippen LogP contribution >= 0.6 is 0 Å². The zero-order valence-corrected chi connectivity index (χ0v) is 12.5. The Morgan fingerprint density at radius 2 is 1.90 bits per heavy atom. The van der Waals surface area contributed by atoms with Gasteiger partial charge in [0.05, 0.1) is 24.5 Å². The first-order chi connectivity index (χ1) is 9.85. The second kappa shape index (κ2) is 5.82. The fourth-order valence-corrected chi connectivity index (χ4v) is 3.58. The van der Waals surface area contributed by atoms with Crippen molar-refractivity contribution in [1.29, 1.82) is 0 Å². The number of sulfonamides is 1. The fraction of sp³-hybridized carbons (Fsp3) is 0.308. The van der Waals surface area contributed by atoms with E-state index in [1.54, 1.807) is 13.8 Å². The normalized spacial score (nSPS) is 11.6. The van der Waals surface area contributed by atoms with E-state index in [2.05, 4.69) is 9.82 Å². The van der Waals surface area contributed by atoms with Crippen LogP contribution in [0.15, 0.2) is 29.2 Å². The van der Waals surface area contributed by atoms with Gasteiger partial charge in [-0.05, 0) is 38.1 Å². The third-order valence-corrected chi connectivity index (χ3v) is 4.62. The lowest BCUT2D eigenvalue weighted by Gasteiger charge is -2.08. The van der Waals surface area contributed by atoms with E-state index in [4.69, 9.17) is 5.11 Å². The molecule has 0 aliphatic carbocycles. The number of hydrogen-bond acceptors (Lipinski definition) is 4. The summed E-state index contributed by atoms with van der Waals surface area (Å²) in [6.45, 7) is 3.29. The minimum absolute atomic E-state index is 0.0697. The molecule has 2 aromatic rings. The second-order valence-corrected chi connectivity index (χ2v) is 6.18. The highest BCUT2D eigenvalue weighted by atomic mass is 32.2. The average Bonchev–Trinajstić information content (AvgIpc) is 2.68. The molecule has 2 rings (SSSR count). The van der Waals surface area contributed by atoms with E-state index in [0.717, 1.165) is 0 Å². The summed E-state index contributed by atoms with van der Waals surface area (Å²) in [6.07, 6.45) is 0. The van der Waals surface area contributed by atoms with Gasteiger partial charge in [-0.2, -0.15) is 5.10 Å². The van der Waals surface area contributed by atoms with Gasteiger partial charge in [0.1, 0.15) is 10.7 Å². The van der Waals surface area contributed by atoms with Crippen molar-refractivity contribution in [3.05, 3.63) is 41.5 Å². The van der Waals surface area contributed by atoms with Crippen LogP contribution in [0.1, 0.15) is 11.4 Å². The van der Waals surface area contributed by atoms with Crippen LogP contribution in [0.25, 0.3) is 0 Å². The summed E-state index contributed by atoms with van der Waals surface area (Å²) in [5.41, 5.74) is 1.05. The maximum Gasteiger partial charge on any atom is 0.265 e. The van der Waals surface area contributed by atoms with Crippen LogP contribution in [0.5, 0.6) is 0 Å². The number of aliphatic hydroxyl groups is 1. The van der Waals surface area contributed by atoms with Gasteiger partial charge in [-0.3, -0.25) is 9.40 Å². The molecule has 1 aromatic heterocycles. The van der Waals surface area contributed by atoms with Gasteiger partial charge in [0, 0.05) is 5.69 Å². The number of aliphatic hydroxyl groups excluding tert-OH is 1. The predicted molar refractivity (Wildman–Crippen MR) is 76.0 cm³/mol. The zero-order valence-electron chi connectivity index (χ0n) is 11.7. The number of aromatic nitrogens is 2. The molecule has 0 amide bonds. The predicted octanol–water partition coefficient (Wildman–Crippen LogP) is 1.43. The third-order valence-electron chi connectivity index (χ3n) is 2.99. The van der Waals surface area contributed by atoms with Crippen LogP contribution < -0.4 is 4.72 Å². The van der Waals surface area contributed by atoms with Crippen LogP contribution in [0.3, 0.4) is 0 Å². The Morgan fingerprint density at radius 1 is 1.29 bits per heavy atom. The van der Waals surface area contributed by atoms with E-state index < -0.39 is 15.8 Å². The smallest absolute Gasteiger partial charge is 0.265 e. The van der Waals surface area contributed by atoms with Gasteiger partial charge in [0.25, 0.3) is 10.0 Å². The molecule has 0 atom stereocenters. The van der Waals surface area contributed by atoms with Crippen molar-refractivity contribution in [3.8, 4) is 0 Å². The van der Waals surface area contributed by atoms with Gasteiger partial charge in [-0.15, -0.1) is 0 Å². The molecule has 21 heavy (non-hydrogen) atoms. The molecule has 0 saturated heterocycles. The lowest BCUT2D eigenvalue weighted by molar-refractivity contribution is 0.267. The summed E-state index contributed by atoms with van der Waals surface area (Å²) < 4.78 is 41.5. The van der Waals surface area contributed by atoms with Crippen LogP contribution in [0.2, 0.25) is 0 Å². The molecule has 8 heteroatoms. The van der Waals surface area contributed by atoms with E-state index in [0.29, 0.717) is 11.4 Å². The number of nitrogens with one attached hydrogen (secondary N) is 1. The summed E-state index contributed by atoms with van der Waals surface area (Å²) in [5, 5.41) is 13.0. The maximum absolute atomic E-state index is 12.8. The molecule has 0 saturated carbocycles. The van der Waals surface area contributed by atoms with E-state index in [1.807, 2.05) is 0 Å². The molecule has 0 bridgehead atoms. The van der Waals surface area contributed by atoms with E-state index in [1.165, 1.54) is 28.9 Å². The monoisotopic (exact) mass is 313 g/mol. The van der Waals surface area contributed by atoms with Gasteiger partial charge >= 0.3 is 0 Å². The molecule has 6 nitrogen and oxygen atoms in total. The molecule has 0 aliphatic heterocycles. The Hall–Kier alpha value is -1.93. The SMILES string of the molecule is Cc1nn(CCO)c(C)c1S(=O)(=O)Nc1ccc(F)cc1. The largest absolute Gasteiger partial charge is 0.394 e. The standard InChI is InChI=1S/C13H16FN3O3S/c1-9-13(10(2)17(15-9)7-8-18)21(19,20)16-12-5-3-11(14)4-6-12/h3-6,16,18H,7-8H2,1-2H3. The molecule has 0 radical (unpaired) electrons. The molecular formula is C13H16FN3O3S. The average molecular weight is 313 g/mol. The summed E-state index contributed by atoms with van der Waals surface area (Å²) in [4.78, 5) is 0.0697. The van der Waals surface area contributed by atoms with E-state index >= 15 is 0 Å². The van der Waals surface area contributed by atoms with Crippen molar-refractivity contribution in [2.45, 2.75) is 25.3 Å². The number of nitrogens with zero attached hydrogens (tertiary/aromatic N) is 2. The van der Waals surface area contributed by atoms with Crippen molar-refractivity contribution >= 4 is 15.7 Å².